The van der Waals surface area contributed by atoms with Gasteiger partial charge >= 0.3 is 0 Å². The topological polar surface area (TPSA) is 52.6 Å². The molecule has 0 aliphatic carbocycles. The molecule has 0 unspecified atom stereocenters. The Morgan fingerprint density at radius 2 is 2.07 bits per heavy atom. The Labute approximate surface area is 87.8 Å². The summed E-state index contributed by atoms with van der Waals surface area (Å²) < 4.78 is 10.0. The van der Waals surface area contributed by atoms with Crippen LogP contribution in [0.5, 0.6) is 11.5 Å². The minimum Gasteiger partial charge on any atom is -0.497 e. The Hall–Kier alpha value is -1.84. The number of ketones is 1. The van der Waals surface area contributed by atoms with E-state index >= 15 is 0 Å². The van der Waals surface area contributed by atoms with E-state index in [2.05, 4.69) is 0 Å². The fourth-order valence-corrected chi connectivity index (χ4v) is 1.21. The summed E-state index contributed by atoms with van der Waals surface area (Å²) in [5.74, 6) is 0.764. The maximum Gasteiger partial charge on any atom is 0.173 e. The van der Waals surface area contributed by atoms with Gasteiger partial charge in [-0.3, -0.25) is 4.79 Å². The van der Waals surface area contributed by atoms with Gasteiger partial charge in [-0.15, -0.1) is 0 Å². The first-order valence-electron chi connectivity index (χ1n) is 4.41. The van der Waals surface area contributed by atoms with E-state index in [0.29, 0.717) is 23.3 Å². The summed E-state index contributed by atoms with van der Waals surface area (Å²) in [4.78, 5) is 21.7. The second-order valence-electron chi connectivity index (χ2n) is 2.86. The molecule has 0 saturated carbocycles. The fourth-order valence-electron chi connectivity index (χ4n) is 1.21. The molecule has 0 bridgehead atoms. The number of carbonyl (C=O) groups excluding carboxylic acids is 2. The summed E-state index contributed by atoms with van der Waals surface area (Å²) in [6, 6.07) is 4.85. The Balaban J connectivity index is 3.06. The first-order chi connectivity index (χ1) is 7.22. The molecule has 0 aliphatic rings. The Kier molecular flexibility index (Phi) is 3.85. The standard InChI is InChI=1S/C11H12O4/c1-14-8-3-4-9(10(13)5-6-12)11(7-8)15-2/h3-4,6-7H,5H2,1-2H3. The summed E-state index contributed by atoms with van der Waals surface area (Å²) in [6.07, 6.45) is 0.439. The number of Topliss-reactive ketones (excluding diaryl/α,β-unsaturated/α-hetero) is 1. The molecule has 80 valence electrons. The number of benzene rings is 1. The van der Waals surface area contributed by atoms with E-state index in [4.69, 9.17) is 9.47 Å². The van der Waals surface area contributed by atoms with Gasteiger partial charge in [-0.1, -0.05) is 0 Å². The Morgan fingerprint density at radius 1 is 1.33 bits per heavy atom. The predicted octanol–water partition coefficient (Wildman–Crippen LogP) is 1.48. The minimum atomic E-state index is -0.260. The molecule has 0 fully saturated rings. The van der Waals surface area contributed by atoms with Crippen LogP contribution in [-0.4, -0.2) is 26.3 Å². The second kappa shape index (κ2) is 5.14. The third-order valence-corrected chi connectivity index (χ3v) is 1.98. The Bertz CT molecular complexity index is 371. The zero-order chi connectivity index (χ0) is 11.3. The molecule has 0 spiro atoms. The van der Waals surface area contributed by atoms with E-state index in [0.717, 1.165) is 0 Å². The summed E-state index contributed by atoms with van der Waals surface area (Å²) >= 11 is 0. The van der Waals surface area contributed by atoms with Crippen molar-refractivity contribution >= 4 is 12.1 Å². The number of ether oxygens (including phenoxy) is 2. The highest BCUT2D eigenvalue weighted by Gasteiger charge is 2.12. The van der Waals surface area contributed by atoms with E-state index < -0.39 is 0 Å². The van der Waals surface area contributed by atoms with Crippen molar-refractivity contribution in [3.63, 3.8) is 0 Å². The van der Waals surface area contributed by atoms with Gasteiger partial charge in [-0.25, -0.2) is 0 Å². The van der Waals surface area contributed by atoms with Crippen LogP contribution in [0.3, 0.4) is 0 Å². The molecule has 0 radical (unpaired) electrons. The molecular weight excluding hydrogens is 196 g/mol. The lowest BCUT2D eigenvalue weighted by Gasteiger charge is -2.08. The molecule has 0 saturated heterocycles. The van der Waals surface area contributed by atoms with E-state index in [-0.39, 0.29) is 12.2 Å². The largest absolute Gasteiger partial charge is 0.497 e. The van der Waals surface area contributed by atoms with Crippen LogP contribution in [0.4, 0.5) is 0 Å². The molecule has 15 heavy (non-hydrogen) atoms. The number of rotatable bonds is 5. The van der Waals surface area contributed by atoms with E-state index in [1.165, 1.54) is 14.2 Å². The van der Waals surface area contributed by atoms with E-state index in [1.54, 1.807) is 18.2 Å². The third kappa shape index (κ3) is 2.56. The second-order valence-corrected chi connectivity index (χ2v) is 2.86. The number of hydrogen-bond donors (Lipinski definition) is 0. The number of aldehydes is 1. The van der Waals surface area contributed by atoms with Crippen molar-refractivity contribution in [1.29, 1.82) is 0 Å². The molecule has 1 aromatic rings. The zero-order valence-electron chi connectivity index (χ0n) is 8.65. The van der Waals surface area contributed by atoms with Crippen LogP contribution in [0.15, 0.2) is 18.2 Å². The van der Waals surface area contributed by atoms with Crippen LogP contribution in [0.25, 0.3) is 0 Å². The highest BCUT2D eigenvalue weighted by molar-refractivity contribution is 6.04. The van der Waals surface area contributed by atoms with Gasteiger partial charge in [0, 0.05) is 6.07 Å². The first kappa shape index (κ1) is 11.2. The SMILES string of the molecule is COc1ccc(C(=O)CC=O)c(OC)c1. The van der Waals surface area contributed by atoms with Crippen LogP contribution in [0, 0.1) is 0 Å². The lowest BCUT2D eigenvalue weighted by atomic mass is 10.1. The smallest absolute Gasteiger partial charge is 0.173 e. The summed E-state index contributed by atoms with van der Waals surface area (Å²) in [7, 11) is 2.99. The molecule has 0 aliphatic heterocycles. The lowest BCUT2D eigenvalue weighted by Crippen LogP contribution is -2.02. The van der Waals surface area contributed by atoms with Crippen LogP contribution in [0.2, 0.25) is 0 Å². The molecule has 0 aromatic heterocycles. The van der Waals surface area contributed by atoms with Gasteiger partial charge in [0.2, 0.25) is 0 Å². The fraction of sp³-hybridized carbons (Fsp3) is 0.273. The van der Waals surface area contributed by atoms with Crippen molar-refractivity contribution in [2.24, 2.45) is 0 Å². The maximum absolute atomic E-state index is 11.5. The van der Waals surface area contributed by atoms with Crippen LogP contribution in [-0.2, 0) is 4.79 Å². The monoisotopic (exact) mass is 208 g/mol. The van der Waals surface area contributed by atoms with E-state index in [1.807, 2.05) is 0 Å². The highest BCUT2D eigenvalue weighted by Crippen LogP contribution is 2.25. The normalized spacial score (nSPS) is 9.47. The number of methoxy groups -OCH3 is 2. The van der Waals surface area contributed by atoms with Crippen molar-refractivity contribution in [2.45, 2.75) is 6.42 Å². The average molecular weight is 208 g/mol. The summed E-state index contributed by atoms with van der Waals surface area (Å²) in [6.45, 7) is 0. The maximum atomic E-state index is 11.5. The molecule has 0 amide bonds. The van der Waals surface area contributed by atoms with Crippen molar-refractivity contribution in [2.75, 3.05) is 14.2 Å². The number of hydrogen-bond acceptors (Lipinski definition) is 4. The van der Waals surface area contributed by atoms with Gasteiger partial charge in [-0.05, 0) is 12.1 Å². The van der Waals surface area contributed by atoms with Gasteiger partial charge < -0.3 is 14.3 Å². The van der Waals surface area contributed by atoms with Gasteiger partial charge in [0.1, 0.15) is 17.8 Å². The average Bonchev–Trinajstić information content (AvgIpc) is 2.28. The third-order valence-electron chi connectivity index (χ3n) is 1.98. The quantitative estimate of drug-likeness (QED) is 0.418. The van der Waals surface area contributed by atoms with Gasteiger partial charge in [0.05, 0.1) is 26.2 Å². The predicted molar refractivity (Wildman–Crippen MR) is 54.6 cm³/mol. The van der Waals surface area contributed by atoms with E-state index in [9.17, 15) is 9.59 Å². The molecule has 0 N–H and O–H groups in total. The molecule has 0 atom stereocenters. The lowest BCUT2D eigenvalue weighted by molar-refractivity contribution is -0.107. The molecule has 4 heteroatoms. The number of carbonyl (C=O) groups is 2. The minimum absolute atomic E-state index is 0.136. The molecule has 4 nitrogen and oxygen atoms in total. The summed E-state index contributed by atoms with van der Waals surface area (Å²) in [5, 5.41) is 0. The van der Waals surface area contributed by atoms with Crippen molar-refractivity contribution < 1.29 is 19.1 Å². The van der Waals surface area contributed by atoms with Crippen molar-refractivity contribution in [1.82, 2.24) is 0 Å². The van der Waals surface area contributed by atoms with Gasteiger partial charge in [-0.2, -0.15) is 0 Å². The Morgan fingerprint density at radius 3 is 2.60 bits per heavy atom. The zero-order valence-corrected chi connectivity index (χ0v) is 8.65. The van der Waals surface area contributed by atoms with Gasteiger partial charge in [0.15, 0.2) is 5.78 Å². The first-order valence-corrected chi connectivity index (χ1v) is 4.41. The molecular formula is C11H12O4. The van der Waals surface area contributed by atoms with Crippen LogP contribution < -0.4 is 9.47 Å². The van der Waals surface area contributed by atoms with Crippen LogP contribution >= 0.6 is 0 Å². The molecule has 1 rings (SSSR count). The summed E-state index contributed by atoms with van der Waals surface area (Å²) in [5.41, 5.74) is 0.394. The molecule has 0 heterocycles. The van der Waals surface area contributed by atoms with Crippen molar-refractivity contribution in [3.05, 3.63) is 23.8 Å². The van der Waals surface area contributed by atoms with Crippen LogP contribution in [0.1, 0.15) is 16.8 Å². The van der Waals surface area contributed by atoms with Crippen molar-refractivity contribution in [3.8, 4) is 11.5 Å². The molecule has 1 aromatic carbocycles. The highest BCUT2D eigenvalue weighted by atomic mass is 16.5. The van der Waals surface area contributed by atoms with Gasteiger partial charge in [0.25, 0.3) is 0 Å².